The Hall–Kier alpha value is -1.45. The van der Waals surface area contributed by atoms with Gasteiger partial charge in [0.2, 0.25) is 15.9 Å². The second-order valence-electron chi connectivity index (χ2n) is 3.70. The summed E-state index contributed by atoms with van der Waals surface area (Å²) in [5.74, 6) is -2.00. The fourth-order valence-electron chi connectivity index (χ4n) is 1.21. The molecule has 1 rings (SSSR count). The number of amides is 1. The van der Waals surface area contributed by atoms with Crippen molar-refractivity contribution < 1.29 is 23.1 Å². The van der Waals surface area contributed by atoms with E-state index >= 15 is 0 Å². The third-order valence-electron chi connectivity index (χ3n) is 2.23. The van der Waals surface area contributed by atoms with Crippen molar-refractivity contribution in [2.24, 2.45) is 5.73 Å². The number of hydrogen-bond donors (Lipinski definition) is 3. The first-order valence-corrected chi connectivity index (χ1v) is 7.27. The molecule has 0 aromatic heterocycles. The van der Waals surface area contributed by atoms with Crippen LogP contribution in [0.4, 0.5) is 0 Å². The zero-order chi connectivity index (χ0) is 14.8. The lowest BCUT2D eigenvalue weighted by atomic mass is 10.2. The number of nitrogens with two attached hydrogens (primary N) is 1. The first kappa shape index (κ1) is 15.6. The monoisotopic (exact) mass is 350 g/mol. The van der Waals surface area contributed by atoms with E-state index in [0.717, 1.165) is 18.2 Å². The second kappa shape index (κ2) is 5.68. The molecule has 0 saturated heterocycles. The molecule has 0 radical (unpaired) electrons. The zero-order valence-electron chi connectivity index (χ0n) is 9.75. The Morgan fingerprint density at radius 3 is 2.42 bits per heavy atom. The summed E-state index contributed by atoms with van der Waals surface area (Å²) in [5.41, 5.74) is 4.91. The Morgan fingerprint density at radius 2 is 2.00 bits per heavy atom. The number of carboxylic acid groups (broad SMARTS) is 1. The SMILES string of the molecule is CC(NS(=O)(=O)c1ccc(C(=O)O)cc1Br)C(N)=O. The van der Waals surface area contributed by atoms with Crippen LogP contribution in [0.1, 0.15) is 17.3 Å². The second-order valence-corrected chi connectivity index (χ2v) is 6.23. The van der Waals surface area contributed by atoms with Crippen LogP contribution >= 0.6 is 15.9 Å². The lowest BCUT2D eigenvalue weighted by molar-refractivity contribution is -0.119. The summed E-state index contributed by atoms with van der Waals surface area (Å²) in [6.07, 6.45) is 0. The third-order valence-corrected chi connectivity index (χ3v) is 4.74. The van der Waals surface area contributed by atoms with Gasteiger partial charge in [0.1, 0.15) is 0 Å². The van der Waals surface area contributed by atoms with Gasteiger partial charge >= 0.3 is 5.97 Å². The number of primary amides is 1. The van der Waals surface area contributed by atoms with Gasteiger partial charge in [0.25, 0.3) is 0 Å². The molecule has 4 N–H and O–H groups in total. The Bertz CT molecular complexity index is 629. The predicted octanol–water partition coefficient (Wildman–Crippen LogP) is 0.299. The van der Waals surface area contributed by atoms with Crippen LogP contribution in [0.2, 0.25) is 0 Å². The summed E-state index contributed by atoms with van der Waals surface area (Å²) in [6, 6.07) is 2.36. The van der Waals surface area contributed by atoms with Crippen molar-refractivity contribution in [1.82, 2.24) is 4.72 Å². The third kappa shape index (κ3) is 3.75. The Balaban J connectivity index is 3.16. The minimum Gasteiger partial charge on any atom is -0.478 e. The lowest BCUT2D eigenvalue weighted by Crippen LogP contribution is -2.42. The minimum absolute atomic E-state index is 0.0613. The number of nitrogens with one attached hydrogen (secondary N) is 1. The van der Waals surface area contributed by atoms with E-state index < -0.39 is 27.9 Å². The van der Waals surface area contributed by atoms with E-state index in [9.17, 15) is 18.0 Å². The van der Waals surface area contributed by atoms with Crippen LogP contribution in [0.15, 0.2) is 27.6 Å². The molecule has 7 nitrogen and oxygen atoms in total. The maximum atomic E-state index is 12.0. The highest BCUT2D eigenvalue weighted by atomic mass is 79.9. The molecule has 19 heavy (non-hydrogen) atoms. The largest absolute Gasteiger partial charge is 0.478 e. The van der Waals surface area contributed by atoms with Crippen LogP contribution in [0, 0.1) is 0 Å². The summed E-state index contributed by atoms with van der Waals surface area (Å²) in [5, 5.41) is 8.77. The number of carboxylic acids is 1. The maximum absolute atomic E-state index is 12.0. The molecule has 104 valence electrons. The molecule has 9 heteroatoms. The van der Waals surface area contributed by atoms with Crippen molar-refractivity contribution in [3.63, 3.8) is 0 Å². The van der Waals surface area contributed by atoms with E-state index in [2.05, 4.69) is 20.7 Å². The first-order valence-electron chi connectivity index (χ1n) is 4.99. The normalized spacial score (nSPS) is 12.9. The number of halogens is 1. The highest BCUT2D eigenvalue weighted by Crippen LogP contribution is 2.23. The van der Waals surface area contributed by atoms with Crippen molar-refractivity contribution in [2.45, 2.75) is 17.9 Å². The van der Waals surface area contributed by atoms with Gasteiger partial charge in [-0.05, 0) is 41.1 Å². The van der Waals surface area contributed by atoms with Gasteiger partial charge in [0.15, 0.2) is 0 Å². The van der Waals surface area contributed by atoms with E-state index in [1.165, 1.54) is 6.92 Å². The van der Waals surface area contributed by atoms with Gasteiger partial charge in [-0.25, -0.2) is 13.2 Å². The summed E-state index contributed by atoms with van der Waals surface area (Å²) in [7, 11) is -3.97. The van der Waals surface area contributed by atoms with E-state index in [0.29, 0.717) is 0 Å². The van der Waals surface area contributed by atoms with Crippen molar-refractivity contribution in [2.75, 3.05) is 0 Å². The average Bonchev–Trinajstić information content (AvgIpc) is 2.27. The Kier molecular flexibility index (Phi) is 4.66. The van der Waals surface area contributed by atoms with Gasteiger partial charge in [0, 0.05) is 4.47 Å². The van der Waals surface area contributed by atoms with Crippen molar-refractivity contribution in [3.8, 4) is 0 Å². The number of carbonyl (C=O) groups is 2. The molecule has 0 spiro atoms. The zero-order valence-corrected chi connectivity index (χ0v) is 12.2. The van der Waals surface area contributed by atoms with Crippen LogP contribution in [0.25, 0.3) is 0 Å². The summed E-state index contributed by atoms with van der Waals surface area (Å²) < 4.78 is 26.1. The van der Waals surface area contributed by atoms with Gasteiger partial charge in [-0.15, -0.1) is 0 Å². The number of hydrogen-bond acceptors (Lipinski definition) is 4. The van der Waals surface area contributed by atoms with E-state index in [4.69, 9.17) is 10.8 Å². The van der Waals surface area contributed by atoms with E-state index in [-0.39, 0.29) is 14.9 Å². The summed E-state index contributed by atoms with van der Waals surface area (Å²) >= 11 is 2.98. The average molecular weight is 351 g/mol. The molecular weight excluding hydrogens is 340 g/mol. The topological polar surface area (TPSA) is 127 Å². The number of rotatable bonds is 5. The van der Waals surface area contributed by atoms with Crippen LogP contribution in [0.5, 0.6) is 0 Å². The molecule has 0 aliphatic heterocycles. The van der Waals surface area contributed by atoms with Crippen LogP contribution in [-0.2, 0) is 14.8 Å². The van der Waals surface area contributed by atoms with Gasteiger partial charge in [-0.3, -0.25) is 4.79 Å². The molecule has 0 aliphatic carbocycles. The standard InChI is InChI=1S/C10H11BrN2O5S/c1-5(9(12)14)13-19(17,18)8-3-2-6(10(15)16)4-7(8)11/h2-5,13H,1H3,(H2,12,14)(H,15,16). The van der Waals surface area contributed by atoms with Crippen molar-refractivity contribution >= 4 is 37.8 Å². The van der Waals surface area contributed by atoms with Gasteiger partial charge in [-0.1, -0.05) is 0 Å². The fraction of sp³-hybridized carbons (Fsp3) is 0.200. The molecule has 1 aromatic carbocycles. The van der Waals surface area contributed by atoms with Gasteiger partial charge < -0.3 is 10.8 Å². The number of sulfonamides is 1. The number of aromatic carboxylic acids is 1. The molecule has 0 saturated carbocycles. The van der Waals surface area contributed by atoms with Crippen molar-refractivity contribution in [1.29, 1.82) is 0 Å². The molecular formula is C10H11BrN2O5S. The summed E-state index contributed by atoms with van der Waals surface area (Å²) in [4.78, 5) is 21.4. The molecule has 0 heterocycles. The van der Waals surface area contributed by atoms with Crippen molar-refractivity contribution in [3.05, 3.63) is 28.2 Å². The molecule has 0 aliphatic rings. The number of benzene rings is 1. The predicted molar refractivity (Wildman–Crippen MR) is 70.1 cm³/mol. The van der Waals surface area contributed by atoms with Crippen LogP contribution < -0.4 is 10.5 Å². The fourth-order valence-corrected chi connectivity index (χ4v) is 3.50. The molecule has 0 fully saturated rings. The summed E-state index contributed by atoms with van der Waals surface area (Å²) in [6.45, 7) is 1.30. The van der Waals surface area contributed by atoms with E-state index in [1.807, 2.05) is 0 Å². The molecule has 0 bridgehead atoms. The van der Waals surface area contributed by atoms with Crippen LogP contribution in [-0.4, -0.2) is 31.4 Å². The quantitative estimate of drug-likeness (QED) is 0.703. The maximum Gasteiger partial charge on any atom is 0.335 e. The Morgan fingerprint density at radius 1 is 1.42 bits per heavy atom. The molecule has 1 amide bonds. The first-order chi connectivity index (χ1) is 8.65. The lowest BCUT2D eigenvalue weighted by Gasteiger charge is -2.12. The van der Waals surface area contributed by atoms with Gasteiger partial charge in [-0.2, -0.15) is 4.72 Å². The number of carbonyl (C=O) groups excluding carboxylic acids is 1. The highest BCUT2D eigenvalue weighted by Gasteiger charge is 2.23. The van der Waals surface area contributed by atoms with Crippen LogP contribution in [0.3, 0.4) is 0 Å². The highest BCUT2D eigenvalue weighted by molar-refractivity contribution is 9.10. The molecule has 1 unspecified atom stereocenters. The molecule has 1 aromatic rings. The van der Waals surface area contributed by atoms with E-state index in [1.54, 1.807) is 0 Å². The Labute approximate surface area is 118 Å². The van der Waals surface area contributed by atoms with Gasteiger partial charge in [0.05, 0.1) is 16.5 Å². The smallest absolute Gasteiger partial charge is 0.335 e. The molecule has 1 atom stereocenters. The minimum atomic E-state index is -3.97.